The van der Waals surface area contributed by atoms with Crippen LogP contribution >= 0.6 is 12.4 Å². The highest BCUT2D eigenvalue weighted by atomic mass is 35.5. The van der Waals surface area contributed by atoms with Crippen LogP contribution in [0, 0.1) is 0 Å². The van der Waals surface area contributed by atoms with E-state index in [2.05, 4.69) is 0 Å². The number of aromatic hydroxyl groups is 1. The standard InChI is InChI=1S/C8H11NO2.ClH/c9-8(5-10)6-2-1-3-7(11)4-6;/h1-4,8,10-11H,5,9H2;1H/t8-;/m1./s1. The van der Waals surface area contributed by atoms with E-state index in [0.29, 0.717) is 0 Å². The van der Waals surface area contributed by atoms with Crippen LogP contribution in [0.4, 0.5) is 0 Å². The van der Waals surface area contributed by atoms with Crippen molar-refractivity contribution in [3.63, 3.8) is 0 Å². The molecular formula is C8H12ClNO2. The van der Waals surface area contributed by atoms with Crippen molar-refractivity contribution in [1.82, 2.24) is 0 Å². The largest absolute Gasteiger partial charge is 0.508 e. The molecule has 0 bridgehead atoms. The van der Waals surface area contributed by atoms with Gasteiger partial charge in [-0.1, -0.05) is 12.1 Å². The molecule has 1 aromatic carbocycles. The van der Waals surface area contributed by atoms with Crippen LogP contribution in [0.1, 0.15) is 11.6 Å². The molecule has 0 unspecified atom stereocenters. The molecule has 0 aromatic heterocycles. The van der Waals surface area contributed by atoms with E-state index in [-0.39, 0.29) is 24.8 Å². The van der Waals surface area contributed by atoms with Crippen molar-refractivity contribution in [2.75, 3.05) is 6.61 Å². The Bertz CT molecular complexity index is 242. The summed E-state index contributed by atoms with van der Waals surface area (Å²) in [5, 5.41) is 17.7. The van der Waals surface area contributed by atoms with E-state index in [9.17, 15) is 0 Å². The van der Waals surface area contributed by atoms with Gasteiger partial charge in [-0.3, -0.25) is 0 Å². The lowest BCUT2D eigenvalue weighted by Crippen LogP contribution is -2.13. The summed E-state index contributed by atoms with van der Waals surface area (Å²) < 4.78 is 0. The molecule has 12 heavy (non-hydrogen) atoms. The maximum absolute atomic E-state index is 9.02. The summed E-state index contributed by atoms with van der Waals surface area (Å²) >= 11 is 0. The highest BCUT2D eigenvalue weighted by Crippen LogP contribution is 2.15. The topological polar surface area (TPSA) is 66.5 Å². The number of hydrogen-bond donors (Lipinski definition) is 3. The van der Waals surface area contributed by atoms with E-state index in [4.69, 9.17) is 15.9 Å². The molecule has 0 spiro atoms. The molecule has 0 saturated carbocycles. The van der Waals surface area contributed by atoms with Crippen molar-refractivity contribution in [2.45, 2.75) is 6.04 Å². The zero-order valence-electron chi connectivity index (χ0n) is 6.47. The summed E-state index contributed by atoms with van der Waals surface area (Å²) in [5.41, 5.74) is 6.25. The summed E-state index contributed by atoms with van der Waals surface area (Å²) in [6.07, 6.45) is 0. The Hall–Kier alpha value is -0.770. The van der Waals surface area contributed by atoms with Gasteiger partial charge in [-0.15, -0.1) is 12.4 Å². The van der Waals surface area contributed by atoms with E-state index in [1.54, 1.807) is 24.3 Å². The van der Waals surface area contributed by atoms with Crippen LogP contribution in [0.25, 0.3) is 0 Å². The van der Waals surface area contributed by atoms with Gasteiger partial charge in [0.2, 0.25) is 0 Å². The van der Waals surface area contributed by atoms with E-state index in [0.717, 1.165) is 5.56 Å². The first-order valence-corrected chi connectivity index (χ1v) is 3.39. The molecule has 68 valence electrons. The molecule has 0 heterocycles. The van der Waals surface area contributed by atoms with Gasteiger partial charge in [0.05, 0.1) is 12.6 Å². The average Bonchev–Trinajstić information content (AvgIpc) is 2.03. The summed E-state index contributed by atoms with van der Waals surface area (Å²) in [6, 6.07) is 6.16. The van der Waals surface area contributed by atoms with Gasteiger partial charge in [0.1, 0.15) is 5.75 Å². The number of aliphatic hydroxyl groups excluding tert-OH is 1. The highest BCUT2D eigenvalue weighted by Gasteiger charge is 2.03. The third-order valence-electron chi connectivity index (χ3n) is 1.50. The van der Waals surface area contributed by atoms with Gasteiger partial charge in [-0.05, 0) is 17.7 Å². The smallest absolute Gasteiger partial charge is 0.115 e. The molecule has 1 aromatic rings. The van der Waals surface area contributed by atoms with Gasteiger partial charge in [0, 0.05) is 0 Å². The molecular weight excluding hydrogens is 178 g/mol. The number of hydrogen-bond acceptors (Lipinski definition) is 3. The highest BCUT2D eigenvalue weighted by molar-refractivity contribution is 5.85. The Morgan fingerprint density at radius 2 is 2.08 bits per heavy atom. The van der Waals surface area contributed by atoms with Gasteiger partial charge in [-0.25, -0.2) is 0 Å². The van der Waals surface area contributed by atoms with Crippen LogP contribution in [0.5, 0.6) is 5.75 Å². The Morgan fingerprint density at radius 3 is 2.58 bits per heavy atom. The van der Waals surface area contributed by atoms with Gasteiger partial charge in [-0.2, -0.15) is 0 Å². The van der Waals surface area contributed by atoms with Crippen LogP contribution in [0.2, 0.25) is 0 Å². The van der Waals surface area contributed by atoms with Crippen LogP contribution in [0.3, 0.4) is 0 Å². The van der Waals surface area contributed by atoms with Gasteiger partial charge in [0.15, 0.2) is 0 Å². The second kappa shape index (κ2) is 4.98. The van der Waals surface area contributed by atoms with Gasteiger partial charge < -0.3 is 15.9 Å². The molecule has 3 nitrogen and oxygen atoms in total. The zero-order chi connectivity index (χ0) is 8.27. The lowest BCUT2D eigenvalue weighted by atomic mass is 10.1. The maximum atomic E-state index is 9.02. The lowest BCUT2D eigenvalue weighted by molar-refractivity contribution is 0.268. The molecule has 0 aliphatic carbocycles. The molecule has 4 N–H and O–H groups in total. The molecule has 0 radical (unpaired) electrons. The van der Waals surface area contributed by atoms with Gasteiger partial charge >= 0.3 is 0 Å². The quantitative estimate of drug-likeness (QED) is 0.645. The molecule has 1 atom stereocenters. The minimum atomic E-state index is -0.401. The molecule has 0 saturated heterocycles. The zero-order valence-corrected chi connectivity index (χ0v) is 7.29. The fraction of sp³-hybridized carbons (Fsp3) is 0.250. The Kier molecular flexibility index (Phi) is 4.66. The maximum Gasteiger partial charge on any atom is 0.115 e. The van der Waals surface area contributed by atoms with E-state index >= 15 is 0 Å². The van der Waals surface area contributed by atoms with Crippen LogP contribution in [-0.4, -0.2) is 16.8 Å². The second-order valence-electron chi connectivity index (χ2n) is 2.38. The molecule has 0 aliphatic heterocycles. The van der Waals surface area contributed by atoms with Crippen molar-refractivity contribution in [2.24, 2.45) is 5.73 Å². The number of rotatable bonds is 2. The SMILES string of the molecule is Cl.N[C@H](CO)c1cccc(O)c1. The average molecular weight is 190 g/mol. The first-order chi connectivity index (χ1) is 5.24. The second-order valence-corrected chi connectivity index (χ2v) is 2.38. The predicted molar refractivity (Wildman–Crippen MR) is 49.4 cm³/mol. The Morgan fingerprint density at radius 1 is 1.42 bits per heavy atom. The van der Waals surface area contributed by atoms with E-state index in [1.807, 2.05) is 0 Å². The van der Waals surface area contributed by atoms with E-state index in [1.165, 1.54) is 0 Å². The summed E-state index contributed by atoms with van der Waals surface area (Å²) in [4.78, 5) is 0. The number of phenols is 1. The number of benzene rings is 1. The van der Waals surface area contributed by atoms with Crippen molar-refractivity contribution in [1.29, 1.82) is 0 Å². The minimum absolute atomic E-state index is 0. The fourth-order valence-electron chi connectivity index (χ4n) is 0.861. The van der Waals surface area contributed by atoms with Gasteiger partial charge in [0.25, 0.3) is 0 Å². The first-order valence-electron chi connectivity index (χ1n) is 3.39. The summed E-state index contributed by atoms with van der Waals surface area (Å²) in [6.45, 7) is -0.108. The van der Waals surface area contributed by atoms with Crippen molar-refractivity contribution in [3.8, 4) is 5.75 Å². The molecule has 0 fully saturated rings. The normalized spacial score (nSPS) is 11.8. The van der Waals surface area contributed by atoms with Crippen LogP contribution in [-0.2, 0) is 0 Å². The molecule has 4 heteroatoms. The minimum Gasteiger partial charge on any atom is -0.508 e. The van der Waals surface area contributed by atoms with E-state index < -0.39 is 6.04 Å². The third-order valence-corrected chi connectivity index (χ3v) is 1.50. The third kappa shape index (κ3) is 2.70. The van der Waals surface area contributed by atoms with Crippen LogP contribution in [0.15, 0.2) is 24.3 Å². The summed E-state index contributed by atoms with van der Waals surface area (Å²) in [7, 11) is 0. The fourth-order valence-corrected chi connectivity index (χ4v) is 0.861. The predicted octanol–water partition coefficient (Wildman–Crippen LogP) is 0.806. The molecule has 1 rings (SSSR count). The first kappa shape index (κ1) is 11.2. The monoisotopic (exact) mass is 189 g/mol. The van der Waals surface area contributed by atoms with Crippen molar-refractivity contribution < 1.29 is 10.2 Å². The van der Waals surface area contributed by atoms with Crippen LogP contribution < -0.4 is 5.73 Å². The lowest BCUT2D eigenvalue weighted by Gasteiger charge is -2.07. The Balaban J connectivity index is 0.00000121. The number of phenolic OH excluding ortho intramolecular Hbond substituents is 1. The number of aliphatic hydroxyl groups is 1. The van der Waals surface area contributed by atoms with Crippen molar-refractivity contribution >= 4 is 12.4 Å². The van der Waals surface area contributed by atoms with Crippen molar-refractivity contribution in [3.05, 3.63) is 29.8 Å². The molecule has 0 amide bonds. The summed E-state index contributed by atoms with van der Waals surface area (Å²) in [5.74, 6) is 0.173. The molecule has 0 aliphatic rings. The Labute approximate surface area is 77.2 Å². The number of halogens is 1. The number of nitrogens with two attached hydrogens (primary N) is 1.